The Morgan fingerprint density at radius 1 is 1.26 bits per heavy atom. The number of benzene rings is 2. The van der Waals surface area contributed by atoms with E-state index in [0.29, 0.717) is 24.5 Å². The highest BCUT2D eigenvalue weighted by Gasteiger charge is 2.22. The van der Waals surface area contributed by atoms with Crippen molar-refractivity contribution in [3.8, 4) is 5.75 Å². The number of hydrogen-bond acceptors (Lipinski definition) is 6. The van der Waals surface area contributed by atoms with Crippen molar-refractivity contribution in [2.45, 2.75) is 52.2 Å². The summed E-state index contributed by atoms with van der Waals surface area (Å²) < 4.78 is 5.82. The molecule has 0 radical (unpaired) electrons. The highest BCUT2D eigenvalue weighted by atomic mass is 35.5. The van der Waals surface area contributed by atoms with Crippen LogP contribution in [0.25, 0.3) is 0 Å². The summed E-state index contributed by atoms with van der Waals surface area (Å²) in [6.45, 7) is 9.48. The Labute approximate surface area is 206 Å². The predicted octanol–water partition coefficient (Wildman–Crippen LogP) is 3.98. The van der Waals surface area contributed by atoms with Crippen LogP contribution in [0.2, 0.25) is 5.02 Å². The van der Waals surface area contributed by atoms with E-state index in [0.717, 1.165) is 34.7 Å². The summed E-state index contributed by atoms with van der Waals surface area (Å²) in [5.41, 5.74) is 6.26. The molecule has 0 spiro atoms. The molecule has 0 aliphatic carbocycles. The first-order chi connectivity index (χ1) is 16.2. The quantitative estimate of drug-likeness (QED) is 0.385. The minimum Gasteiger partial charge on any atom is -0.491 e. The smallest absolute Gasteiger partial charge is 0.240 e. The molecule has 0 saturated heterocycles. The van der Waals surface area contributed by atoms with Gasteiger partial charge in [0, 0.05) is 41.7 Å². The molecule has 34 heavy (non-hydrogen) atoms. The van der Waals surface area contributed by atoms with Gasteiger partial charge in [0.05, 0.1) is 5.71 Å². The number of amides is 1. The van der Waals surface area contributed by atoms with Crippen molar-refractivity contribution < 1.29 is 14.6 Å². The Morgan fingerprint density at radius 2 is 2.00 bits per heavy atom. The average Bonchev–Trinajstić information content (AvgIpc) is 2.81. The monoisotopic (exact) mass is 486 g/mol. The van der Waals surface area contributed by atoms with Crippen molar-refractivity contribution in [1.82, 2.24) is 10.7 Å². The van der Waals surface area contributed by atoms with Crippen molar-refractivity contribution in [2.75, 3.05) is 25.0 Å². The third-order valence-corrected chi connectivity index (χ3v) is 6.07. The topological polar surface area (TPSA) is 95.0 Å². The van der Waals surface area contributed by atoms with Gasteiger partial charge in [0.25, 0.3) is 0 Å². The molecule has 4 N–H and O–H groups in total. The third-order valence-electron chi connectivity index (χ3n) is 5.83. The molecule has 1 heterocycles. The number of anilines is 1. The molecular formula is C26H35ClN4O3. The largest absolute Gasteiger partial charge is 0.491 e. The van der Waals surface area contributed by atoms with Gasteiger partial charge in [0.1, 0.15) is 18.5 Å². The van der Waals surface area contributed by atoms with Gasteiger partial charge in [0.15, 0.2) is 0 Å². The summed E-state index contributed by atoms with van der Waals surface area (Å²) in [5.74, 6) is 0.768. The standard InChI is InChI=1S/C26H35ClN4O3/c1-5-18-6-9-20(27)13-23(18)34-15-22(32)14-29-26(3,4)16-28-21-10-7-19(8-11-21)25-17(2)12-24(33)30-31-25/h6-11,13,17,22,28-29,32H,5,12,14-16H2,1-4H3,(H,30,33). The first kappa shape index (κ1) is 26.0. The van der Waals surface area contributed by atoms with Crippen molar-refractivity contribution >= 4 is 28.9 Å². The first-order valence-electron chi connectivity index (χ1n) is 11.7. The molecule has 0 fully saturated rings. The van der Waals surface area contributed by atoms with Gasteiger partial charge in [-0.15, -0.1) is 0 Å². The molecule has 184 valence electrons. The SMILES string of the molecule is CCc1ccc(Cl)cc1OCC(O)CNC(C)(C)CNc1ccc(C2=NNC(=O)CC2C)cc1. The fourth-order valence-electron chi connectivity index (χ4n) is 3.74. The van der Waals surface area contributed by atoms with E-state index in [9.17, 15) is 9.90 Å². The Morgan fingerprint density at radius 3 is 2.68 bits per heavy atom. The molecule has 2 aromatic carbocycles. The van der Waals surface area contributed by atoms with E-state index in [-0.39, 0.29) is 24.0 Å². The molecule has 2 atom stereocenters. The maximum atomic E-state index is 11.5. The molecule has 8 heteroatoms. The van der Waals surface area contributed by atoms with Crippen LogP contribution in [0.3, 0.4) is 0 Å². The molecule has 0 saturated carbocycles. The van der Waals surface area contributed by atoms with Crippen LogP contribution < -0.4 is 20.8 Å². The second kappa shape index (κ2) is 11.7. The van der Waals surface area contributed by atoms with Crippen molar-refractivity contribution in [3.05, 3.63) is 58.6 Å². The highest BCUT2D eigenvalue weighted by Crippen LogP contribution is 2.24. The number of aryl methyl sites for hydroxylation is 1. The zero-order chi connectivity index (χ0) is 24.7. The van der Waals surface area contributed by atoms with Gasteiger partial charge < -0.3 is 20.5 Å². The molecule has 3 rings (SSSR count). The molecule has 1 aliphatic heterocycles. The van der Waals surface area contributed by atoms with Crippen LogP contribution >= 0.6 is 11.6 Å². The Hall–Kier alpha value is -2.61. The number of carbonyl (C=O) groups is 1. The average molecular weight is 487 g/mol. The van der Waals surface area contributed by atoms with E-state index >= 15 is 0 Å². The third kappa shape index (κ3) is 7.45. The molecule has 0 bridgehead atoms. The first-order valence-corrected chi connectivity index (χ1v) is 12.1. The lowest BCUT2D eigenvalue weighted by Crippen LogP contribution is -2.49. The van der Waals surface area contributed by atoms with E-state index in [1.807, 2.05) is 43.3 Å². The number of nitrogens with one attached hydrogen (secondary N) is 3. The summed E-state index contributed by atoms with van der Waals surface area (Å²) in [5, 5.41) is 22.1. The summed E-state index contributed by atoms with van der Waals surface area (Å²) in [4.78, 5) is 11.5. The maximum Gasteiger partial charge on any atom is 0.240 e. The number of aliphatic hydroxyl groups is 1. The van der Waals surface area contributed by atoms with E-state index in [1.54, 1.807) is 6.07 Å². The van der Waals surface area contributed by atoms with Crippen molar-refractivity contribution in [3.63, 3.8) is 0 Å². The number of hydrazone groups is 1. The van der Waals surface area contributed by atoms with Gasteiger partial charge in [0.2, 0.25) is 5.91 Å². The van der Waals surface area contributed by atoms with Crippen LogP contribution in [-0.4, -0.2) is 48.1 Å². The number of nitrogens with zero attached hydrogens (tertiary/aromatic N) is 1. The van der Waals surface area contributed by atoms with Gasteiger partial charge in [-0.3, -0.25) is 4.79 Å². The van der Waals surface area contributed by atoms with Gasteiger partial charge in [-0.05, 0) is 55.7 Å². The van der Waals surface area contributed by atoms with Gasteiger partial charge in [-0.25, -0.2) is 5.43 Å². The van der Waals surface area contributed by atoms with E-state index in [4.69, 9.17) is 16.3 Å². The lowest BCUT2D eigenvalue weighted by atomic mass is 9.94. The fourth-order valence-corrected chi connectivity index (χ4v) is 3.90. The fraction of sp³-hybridized carbons (Fsp3) is 0.462. The Bertz CT molecular complexity index is 1010. The zero-order valence-corrected chi connectivity index (χ0v) is 21.1. The summed E-state index contributed by atoms with van der Waals surface area (Å²) in [7, 11) is 0. The van der Waals surface area contributed by atoms with Crippen LogP contribution in [0.1, 0.15) is 45.2 Å². The van der Waals surface area contributed by atoms with Gasteiger partial charge >= 0.3 is 0 Å². The number of carbonyl (C=O) groups excluding carboxylic acids is 1. The number of β-amino-alcohol motifs (C(OH)–C–C–N with tert-alkyl or cyclic N) is 1. The minimum atomic E-state index is -0.652. The number of aliphatic hydroxyl groups excluding tert-OH is 1. The van der Waals surface area contributed by atoms with Crippen molar-refractivity contribution in [1.29, 1.82) is 0 Å². The van der Waals surface area contributed by atoms with Gasteiger partial charge in [-0.1, -0.05) is 43.6 Å². The molecule has 2 aromatic rings. The molecular weight excluding hydrogens is 452 g/mol. The van der Waals surface area contributed by atoms with Crippen molar-refractivity contribution in [2.24, 2.45) is 11.0 Å². The Balaban J connectivity index is 1.45. The molecule has 1 amide bonds. The minimum absolute atomic E-state index is 0.0453. The molecule has 0 aromatic heterocycles. The Kier molecular flexibility index (Phi) is 8.94. The second-order valence-corrected chi connectivity index (χ2v) is 9.84. The van der Waals surface area contributed by atoms with E-state index < -0.39 is 6.10 Å². The molecule has 2 unspecified atom stereocenters. The van der Waals surface area contributed by atoms with Crippen LogP contribution in [0, 0.1) is 5.92 Å². The van der Waals surface area contributed by atoms with Crippen LogP contribution in [0.15, 0.2) is 47.6 Å². The normalized spacial score (nSPS) is 17.1. The summed E-state index contributed by atoms with van der Waals surface area (Å²) in [6, 6.07) is 13.6. The number of rotatable bonds is 11. The zero-order valence-electron chi connectivity index (χ0n) is 20.3. The van der Waals surface area contributed by atoms with Crippen LogP contribution in [0.5, 0.6) is 5.75 Å². The second-order valence-electron chi connectivity index (χ2n) is 9.40. The maximum absolute atomic E-state index is 11.5. The van der Waals surface area contributed by atoms with Crippen LogP contribution in [-0.2, 0) is 11.2 Å². The number of hydrogen-bond donors (Lipinski definition) is 4. The lowest BCUT2D eigenvalue weighted by Gasteiger charge is -2.29. The van der Waals surface area contributed by atoms with Crippen LogP contribution in [0.4, 0.5) is 5.69 Å². The molecule has 1 aliphatic rings. The lowest BCUT2D eigenvalue weighted by molar-refractivity contribution is -0.121. The van der Waals surface area contributed by atoms with E-state index in [2.05, 4.69) is 41.9 Å². The summed E-state index contributed by atoms with van der Waals surface area (Å²) >= 11 is 6.07. The van der Waals surface area contributed by atoms with Gasteiger partial charge in [-0.2, -0.15) is 5.10 Å². The number of halogens is 1. The highest BCUT2D eigenvalue weighted by molar-refractivity contribution is 6.30. The number of ether oxygens (including phenoxy) is 1. The predicted molar refractivity (Wildman–Crippen MR) is 138 cm³/mol. The molecule has 7 nitrogen and oxygen atoms in total. The summed E-state index contributed by atoms with van der Waals surface area (Å²) in [6.07, 6.45) is 0.638. The van der Waals surface area contributed by atoms with E-state index in [1.165, 1.54) is 0 Å².